The number of ether oxygens (including phenoxy) is 2. The molecular formula is C31H35N7O3. The zero-order valence-electron chi connectivity index (χ0n) is 24.1. The third-order valence-electron chi connectivity index (χ3n) is 6.86. The van der Waals surface area contributed by atoms with Crippen LogP contribution in [0.3, 0.4) is 0 Å². The highest BCUT2D eigenvalue weighted by atomic mass is 16.5. The van der Waals surface area contributed by atoms with Gasteiger partial charge in [-0.15, -0.1) is 0 Å². The fraction of sp³-hybridized carbons (Fsp3) is 0.290. The van der Waals surface area contributed by atoms with Gasteiger partial charge in [0.25, 0.3) is 0 Å². The highest BCUT2D eigenvalue weighted by molar-refractivity contribution is 6.08. The van der Waals surface area contributed by atoms with Gasteiger partial charge < -0.3 is 25.4 Å². The first kappa shape index (κ1) is 27.9. The van der Waals surface area contributed by atoms with Crippen molar-refractivity contribution in [2.24, 2.45) is 0 Å². The number of methoxy groups -OCH3 is 2. The van der Waals surface area contributed by atoms with Gasteiger partial charge in [-0.25, -0.2) is 19.7 Å². The lowest BCUT2D eigenvalue weighted by Crippen LogP contribution is -2.21. The molecule has 1 atom stereocenters. The normalized spacial score (nSPS) is 12.3. The van der Waals surface area contributed by atoms with E-state index in [0.717, 1.165) is 22.0 Å². The number of nitrogens with one attached hydrogen (secondary N) is 3. The van der Waals surface area contributed by atoms with E-state index >= 15 is 0 Å². The van der Waals surface area contributed by atoms with Crippen molar-refractivity contribution in [3.05, 3.63) is 72.8 Å². The molecule has 1 unspecified atom stereocenters. The van der Waals surface area contributed by atoms with Gasteiger partial charge in [0, 0.05) is 23.9 Å². The maximum Gasteiger partial charge on any atom is 0.323 e. The summed E-state index contributed by atoms with van der Waals surface area (Å²) < 4.78 is 12.7. The number of benzene rings is 3. The third kappa shape index (κ3) is 5.78. The molecule has 0 aliphatic carbocycles. The second kappa shape index (κ2) is 11.4. The van der Waals surface area contributed by atoms with Crippen molar-refractivity contribution in [2.75, 3.05) is 36.8 Å². The van der Waals surface area contributed by atoms with E-state index in [1.54, 1.807) is 20.5 Å². The molecule has 41 heavy (non-hydrogen) atoms. The van der Waals surface area contributed by atoms with Crippen molar-refractivity contribution < 1.29 is 14.3 Å². The molecule has 2 amide bonds. The van der Waals surface area contributed by atoms with Crippen molar-refractivity contribution in [3.63, 3.8) is 0 Å². The summed E-state index contributed by atoms with van der Waals surface area (Å²) in [5, 5.41) is 11.1. The molecule has 5 aromatic rings. The molecule has 0 saturated carbocycles. The molecule has 5 rings (SSSR count). The van der Waals surface area contributed by atoms with Gasteiger partial charge in [0.05, 0.1) is 30.8 Å². The highest BCUT2D eigenvalue weighted by Crippen LogP contribution is 2.33. The highest BCUT2D eigenvalue weighted by Gasteiger charge is 2.19. The molecule has 3 N–H and O–H groups in total. The van der Waals surface area contributed by atoms with Crippen LogP contribution in [0.4, 0.5) is 22.0 Å². The van der Waals surface area contributed by atoms with Crippen LogP contribution in [-0.2, 0) is 10.2 Å². The van der Waals surface area contributed by atoms with Crippen LogP contribution < -0.4 is 20.7 Å². The number of carbonyl (C=O) groups is 1. The van der Waals surface area contributed by atoms with Gasteiger partial charge in [-0.1, -0.05) is 51.1 Å². The van der Waals surface area contributed by atoms with Crippen molar-refractivity contribution in [1.29, 1.82) is 0 Å². The van der Waals surface area contributed by atoms with Gasteiger partial charge in [-0.3, -0.25) is 4.57 Å². The summed E-state index contributed by atoms with van der Waals surface area (Å²) in [6.45, 7) is 8.93. The number of imidazole rings is 1. The van der Waals surface area contributed by atoms with Gasteiger partial charge in [0.15, 0.2) is 17.0 Å². The second-order valence-electron chi connectivity index (χ2n) is 10.9. The average molecular weight is 554 g/mol. The number of hydrogen-bond donors (Lipinski definition) is 3. The average Bonchev–Trinajstić information content (AvgIpc) is 3.38. The molecule has 0 fully saturated rings. The number of carbonyl (C=O) groups excluding carboxylic acids is 1. The van der Waals surface area contributed by atoms with Crippen LogP contribution in [0.1, 0.15) is 33.3 Å². The molecule has 0 saturated heterocycles. The van der Waals surface area contributed by atoms with Crippen molar-refractivity contribution in [2.45, 2.75) is 39.2 Å². The van der Waals surface area contributed by atoms with Crippen molar-refractivity contribution in [3.8, 4) is 11.4 Å². The standard InChI is InChI=1S/C31H35N7O3/c1-19(16-40-5)35-28-27-29(33-17-32-28)38(18-34-27)25-13-12-23(21-9-7-8-10-22(21)25)36-30(39)37-24-15-20(31(2,3)4)11-14-26(24)41-6/h7-15,17-19H,16H2,1-6H3,(H,32,33,35)(H2,36,37,39). The largest absolute Gasteiger partial charge is 0.495 e. The van der Waals surface area contributed by atoms with Gasteiger partial charge in [-0.05, 0) is 42.2 Å². The first-order valence-electron chi connectivity index (χ1n) is 13.4. The first-order valence-corrected chi connectivity index (χ1v) is 13.4. The van der Waals surface area contributed by atoms with Gasteiger partial charge in [0.2, 0.25) is 0 Å². The molecule has 3 aromatic carbocycles. The van der Waals surface area contributed by atoms with Crippen LogP contribution in [0.15, 0.2) is 67.3 Å². The minimum atomic E-state index is -0.367. The Morgan fingerprint density at radius 2 is 1.71 bits per heavy atom. The van der Waals surface area contributed by atoms with E-state index in [-0.39, 0.29) is 17.5 Å². The minimum absolute atomic E-state index is 0.0523. The summed E-state index contributed by atoms with van der Waals surface area (Å²) in [5.41, 5.74) is 4.49. The first-order chi connectivity index (χ1) is 19.7. The fourth-order valence-electron chi connectivity index (χ4n) is 4.79. The molecule has 0 bridgehead atoms. The Morgan fingerprint density at radius 1 is 0.951 bits per heavy atom. The molecule has 10 heteroatoms. The number of urea groups is 1. The van der Waals surface area contributed by atoms with E-state index in [4.69, 9.17) is 9.47 Å². The van der Waals surface area contributed by atoms with Crippen LogP contribution in [0, 0.1) is 0 Å². The molecule has 0 aliphatic rings. The molecule has 0 aliphatic heterocycles. The quantitative estimate of drug-likeness (QED) is 0.205. The van der Waals surface area contributed by atoms with Gasteiger partial charge in [0.1, 0.15) is 18.4 Å². The number of amides is 2. The smallest absolute Gasteiger partial charge is 0.323 e. The van der Waals surface area contributed by atoms with Crippen LogP contribution in [0.2, 0.25) is 0 Å². The number of nitrogens with zero attached hydrogens (tertiary/aromatic N) is 4. The molecule has 2 aromatic heterocycles. The molecule has 0 radical (unpaired) electrons. The molecule has 2 heterocycles. The lowest BCUT2D eigenvalue weighted by Gasteiger charge is -2.21. The molecule has 0 spiro atoms. The van der Waals surface area contributed by atoms with Gasteiger partial charge in [-0.2, -0.15) is 0 Å². The third-order valence-corrected chi connectivity index (χ3v) is 6.86. The topological polar surface area (TPSA) is 115 Å². The number of anilines is 3. The van der Waals surface area contributed by atoms with Crippen molar-refractivity contribution in [1.82, 2.24) is 19.5 Å². The van der Waals surface area contributed by atoms with E-state index in [1.165, 1.54) is 6.33 Å². The van der Waals surface area contributed by atoms with E-state index in [9.17, 15) is 4.79 Å². The Morgan fingerprint density at radius 3 is 2.44 bits per heavy atom. The maximum absolute atomic E-state index is 13.2. The lowest BCUT2D eigenvalue weighted by molar-refractivity contribution is 0.190. The zero-order chi connectivity index (χ0) is 29.1. The molecule has 10 nitrogen and oxygen atoms in total. The summed E-state index contributed by atoms with van der Waals surface area (Å²) >= 11 is 0. The van der Waals surface area contributed by atoms with Crippen molar-refractivity contribution >= 4 is 45.2 Å². The van der Waals surface area contributed by atoms with E-state index in [2.05, 4.69) is 51.7 Å². The summed E-state index contributed by atoms with van der Waals surface area (Å²) in [6.07, 6.45) is 3.26. The zero-order valence-corrected chi connectivity index (χ0v) is 24.1. The predicted octanol–water partition coefficient (Wildman–Crippen LogP) is 6.37. The Labute approximate surface area is 239 Å². The van der Waals surface area contributed by atoms with Crippen LogP contribution in [-0.4, -0.2) is 52.4 Å². The fourth-order valence-corrected chi connectivity index (χ4v) is 4.79. The van der Waals surface area contributed by atoms with Crippen LogP contribution in [0.5, 0.6) is 5.75 Å². The summed E-state index contributed by atoms with van der Waals surface area (Å²) in [7, 11) is 3.25. The second-order valence-corrected chi connectivity index (χ2v) is 10.9. The van der Waals surface area contributed by atoms with Crippen LogP contribution in [0.25, 0.3) is 27.6 Å². The Hall–Kier alpha value is -4.70. The SMILES string of the molecule is COCC(C)Nc1ncnc2c1ncn2-c1ccc(NC(=O)Nc2cc(C(C)(C)C)ccc2OC)c2ccccc12. The number of hydrogen-bond acceptors (Lipinski definition) is 7. The Balaban J connectivity index is 1.47. The summed E-state index contributed by atoms with van der Waals surface area (Å²) in [6, 6.07) is 17.2. The summed E-state index contributed by atoms with van der Waals surface area (Å²) in [4.78, 5) is 26.7. The lowest BCUT2D eigenvalue weighted by atomic mass is 9.87. The minimum Gasteiger partial charge on any atom is -0.495 e. The summed E-state index contributed by atoms with van der Waals surface area (Å²) in [5.74, 6) is 1.23. The van der Waals surface area contributed by atoms with E-state index < -0.39 is 0 Å². The monoisotopic (exact) mass is 553 g/mol. The molecule has 212 valence electrons. The van der Waals surface area contributed by atoms with Gasteiger partial charge >= 0.3 is 6.03 Å². The predicted molar refractivity (Wildman–Crippen MR) is 163 cm³/mol. The maximum atomic E-state index is 13.2. The molecular weight excluding hydrogens is 518 g/mol. The number of rotatable bonds is 8. The van der Waals surface area contributed by atoms with E-state index in [1.807, 2.05) is 66.1 Å². The number of aromatic nitrogens is 4. The number of fused-ring (bicyclic) bond motifs is 2. The van der Waals surface area contributed by atoms with E-state index in [0.29, 0.717) is 40.7 Å². The Bertz CT molecular complexity index is 1710. The Kier molecular flexibility index (Phi) is 7.76. The van der Waals surface area contributed by atoms with Crippen LogP contribution >= 0.6 is 0 Å².